The molecule has 5 heteroatoms. The van der Waals surface area contributed by atoms with E-state index in [0.717, 1.165) is 56.3 Å². The lowest BCUT2D eigenvalue weighted by molar-refractivity contribution is 0.0793. The lowest BCUT2D eigenvalue weighted by Gasteiger charge is -2.21. The first kappa shape index (κ1) is 20.9. The van der Waals surface area contributed by atoms with E-state index < -0.39 is 0 Å². The number of carbonyl (C=O) groups excluding carboxylic acids is 1. The standard InChI is InChI=1S/C25H31FN2O2/c1-17(20-10-12-23(26)24(16-20)30-2)27-22-11-9-21(15-22)18-5-7-19(8-6-18)25(29)28-13-3-4-14-28/h5-8,10,12,16-17,21-22,27H,3-4,9,11,13-15H2,1-2H3. The average molecular weight is 411 g/mol. The van der Waals surface area contributed by atoms with Crippen molar-refractivity contribution in [2.24, 2.45) is 0 Å². The van der Waals surface area contributed by atoms with Gasteiger partial charge in [-0.1, -0.05) is 18.2 Å². The molecule has 3 unspecified atom stereocenters. The van der Waals surface area contributed by atoms with Crippen LogP contribution in [0.2, 0.25) is 0 Å². The monoisotopic (exact) mass is 410 g/mol. The summed E-state index contributed by atoms with van der Waals surface area (Å²) >= 11 is 0. The number of amides is 1. The number of hydrogen-bond donors (Lipinski definition) is 1. The molecule has 3 atom stereocenters. The molecule has 1 aliphatic carbocycles. The van der Waals surface area contributed by atoms with E-state index >= 15 is 0 Å². The molecule has 0 bridgehead atoms. The molecule has 1 saturated carbocycles. The second-order valence-electron chi connectivity index (χ2n) is 8.61. The summed E-state index contributed by atoms with van der Waals surface area (Å²) in [7, 11) is 1.49. The van der Waals surface area contributed by atoms with Gasteiger partial charge in [-0.15, -0.1) is 0 Å². The second kappa shape index (κ2) is 9.17. The zero-order valence-corrected chi connectivity index (χ0v) is 17.9. The van der Waals surface area contributed by atoms with Crippen LogP contribution in [0.25, 0.3) is 0 Å². The van der Waals surface area contributed by atoms with E-state index in [-0.39, 0.29) is 23.5 Å². The Labute approximate surface area is 178 Å². The van der Waals surface area contributed by atoms with Crippen molar-refractivity contribution in [1.29, 1.82) is 0 Å². The Morgan fingerprint density at radius 2 is 1.87 bits per heavy atom. The van der Waals surface area contributed by atoms with Crippen LogP contribution in [0.1, 0.15) is 72.5 Å². The Morgan fingerprint density at radius 1 is 1.13 bits per heavy atom. The summed E-state index contributed by atoms with van der Waals surface area (Å²) in [6, 6.07) is 13.8. The molecule has 2 aliphatic rings. The first-order valence-electron chi connectivity index (χ1n) is 11.0. The zero-order valence-electron chi connectivity index (χ0n) is 17.9. The van der Waals surface area contributed by atoms with E-state index in [2.05, 4.69) is 24.4 Å². The molecule has 1 saturated heterocycles. The van der Waals surface area contributed by atoms with Gasteiger partial charge < -0.3 is 15.0 Å². The van der Waals surface area contributed by atoms with Crippen molar-refractivity contribution in [3.8, 4) is 5.75 Å². The smallest absolute Gasteiger partial charge is 0.253 e. The Balaban J connectivity index is 1.34. The Kier molecular flexibility index (Phi) is 6.38. The molecule has 2 aromatic carbocycles. The topological polar surface area (TPSA) is 41.6 Å². The Bertz CT molecular complexity index is 877. The highest BCUT2D eigenvalue weighted by Crippen LogP contribution is 2.36. The lowest BCUT2D eigenvalue weighted by atomic mass is 9.96. The predicted octanol–water partition coefficient (Wildman–Crippen LogP) is 5.06. The predicted molar refractivity (Wildman–Crippen MR) is 116 cm³/mol. The van der Waals surface area contributed by atoms with E-state index in [1.165, 1.54) is 18.7 Å². The largest absolute Gasteiger partial charge is 0.494 e. The van der Waals surface area contributed by atoms with Gasteiger partial charge in [0, 0.05) is 30.7 Å². The van der Waals surface area contributed by atoms with Crippen LogP contribution in [-0.2, 0) is 0 Å². The van der Waals surface area contributed by atoms with Gasteiger partial charge in [0.05, 0.1) is 7.11 Å². The number of benzene rings is 2. The Hall–Kier alpha value is -2.40. The minimum atomic E-state index is -0.332. The van der Waals surface area contributed by atoms with Crippen molar-refractivity contribution in [3.05, 3.63) is 65.0 Å². The van der Waals surface area contributed by atoms with Crippen molar-refractivity contribution in [3.63, 3.8) is 0 Å². The van der Waals surface area contributed by atoms with Crippen molar-refractivity contribution in [2.75, 3.05) is 20.2 Å². The third-order valence-corrected chi connectivity index (χ3v) is 6.62. The van der Waals surface area contributed by atoms with E-state index in [1.54, 1.807) is 6.07 Å². The van der Waals surface area contributed by atoms with Crippen LogP contribution in [-0.4, -0.2) is 37.0 Å². The maximum Gasteiger partial charge on any atom is 0.253 e. The number of nitrogens with zero attached hydrogens (tertiary/aromatic N) is 1. The van der Waals surface area contributed by atoms with Gasteiger partial charge in [0.15, 0.2) is 11.6 Å². The van der Waals surface area contributed by atoms with E-state index in [0.29, 0.717) is 12.0 Å². The number of halogens is 1. The fourth-order valence-corrected chi connectivity index (χ4v) is 4.83. The molecule has 1 amide bonds. The lowest BCUT2D eigenvalue weighted by Crippen LogP contribution is -2.29. The first-order valence-corrected chi connectivity index (χ1v) is 11.0. The van der Waals surface area contributed by atoms with Gasteiger partial charge in [-0.2, -0.15) is 0 Å². The number of likely N-dealkylation sites (tertiary alicyclic amines) is 1. The molecule has 0 aromatic heterocycles. The summed E-state index contributed by atoms with van der Waals surface area (Å²) in [5, 5.41) is 3.69. The first-order chi connectivity index (χ1) is 14.5. The van der Waals surface area contributed by atoms with Crippen LogP contribution in [0.3, 0.4) is 0 Å². The Morgan fingerprint density at radius 3 is 2.57 bits per heavy atom. The van der Waals surface area contributed by atoms with Crippen molar-refractivity contribution in [2.45, 2.75) is 57.0 Å². The van der Waals surface area contributed by atoms with E-state index in [9.17, 15) is 9.18 Å². The molecule has 2 fully saturated rings. The molecule has 1 aliphatic heterocycles. The highest BCUT2D eigenvalue weighted by atomic mass is 19.1. The molecule has 30 heavy (non-hydrogen) atoms. The number of nitrogens with one attached hydrogen (secondary N) is 1. The van der Waals surface area contributed by atoms with Crippen molar-refractivity contribution < 1.29 is 13.9 Å². The zero-order chi connectivity index (χ0) is 21.1. The molecule has 0 radical (unpaired) electrons. The summed E-state index contributed by atoms with van der Waals surface area (Å²) in [5.74, 6) is 0.622. The molecular weight excluding hydrogens is 379 g/mol. The quantitative estimate of drug-likeness (QED) is 0.724. The molecule has 1 heterocycles. The summed E-state index contributed by atoms with van der Waals surface area (Å²) in [6.07, 6.45) is 5.55. The van der Waals surface area contributed by atoms with Crippen molar-refractivity contribution >= 4 is 5.91 Å². The second-order valence-corrected chi connectivity index (χ2v) is 8.61. The third-order valence-electron chi connectivity index (χ3n) is 6.62. The van der Waals surface area contributed by atoms with E-state index in [1.807, 2.05) is 23.1 Å². The number of rotatable bonds is 6. The van der Waals surface area contributed by atoms with Gasteiger partial charge >= 0.3 is 0 Å². The maximum absolute atomic E-state index is 13.7. The maximum atomic E-state index is 13.7. The minimum Gasteiger partial charge on any atom is -0.494 e. The van der Waals surface area contributed by atoms with Crippen LogP contribution < -0.4 is 10.1 Å². The van der Waals surface area contributed by atoms with Gasteiger partial charge in [-0.3, -0.25) is 4.79 Å². The fourth-order valence-electron chi connectivity index (χ4n) is 4.83. The van der Waals surface area contributed by atoms with E-state index in [4.69, 9.17) is 4.74 Å². The highest BCUT2D eigenvalue weighted by Gasteiger charge is 2.27. The number of hydrogen-bond acceptors (Lipinski definition) is 3. The summed E-state index contributed by atoms with van der Waals surface area (Å²) < 4.78 is 18.8. The van der Waals surface area contributed by atoms with Gasteiger partial charge in [0.2, 0.25) is 0 Å². The van der Waals surface area contributed by atoms with Crippen LogP contribution in [0, 0.1) is 5.82 Å². The molecule has 4 nitrogen and oxygen atoms in total. The highest BCUT2D eigenvalue weighted by molar-refractivity contribution is 5.94. The molecule has 4 rings (SSSR count). The molecule has 0 spiro atoms. The summed E-state index contributed by atoms with van der Waals surface area (Å²) in [5.41, 5.74) is 3.14. The van der Waals surface area contributed by atoms with Gasteiger partial charge in [0.1, 0.15) is 0 Å². The molecular formula is C25H31FN2O2. The average Bonchev–Trinajstić information content (AvgIpc) is 3.46. The normalized spacial score (nSPS) is 22.3. The van der Waals surface area contributed by atoms with Crippen LogP contribution in [0.5, 0.6) is 5.75 Å². The molecule has 1 N–H and O–H groups in total. The molecule has 2 aromatic rings. The minimum absolute atomic E-state index is 0.128. The van der Waals surface area contributed by atoms with Gasteiger partial charge in [-0.05, 0) is 80.3 Å². The summed E-state index contributed by atoms with van der Waals surface area (Å²) in [6.45, 7) is 3.88. The van der Waals surface area contributed by atoms with Crippen LogP contribution in [0.4, 0.5) is 4.39 Å². The van der Waals surface area contributed by atoms with Crippen LogP contribution in [0.15, 0.2) is 42.5 Å². The van der Waals surface area contributed by atoms with Gasteiger partial charge in [-0.25, -0.2) is 4.39 Å². The number of carbonyl (C=O) groups is 1. The van der Waals surface area contributed by atoms with Crippen LogP contribution >= 0.6 is 0 Å². The third kappa shape index (κ3) is 4.51. The fraction of sp³-hybridized carbons (Fsp3) is 0.480. The number of methoxy groups -OCH3 is 1. The number of ether oxygens (including phenoxy) is 1. The molecule has 160 valence electrons. The van der Waals surface area contributed by atoms with Crippen molar-refractivity contribution in [1.82, 2.24) is 10.2 Å². The summed E-state index contributed by atoms with van der Waals surface area (Å²) in [4.78, 5) is 14.5. The van der Waals surface area contributed by atoms with Gasteiger partial charge in [0.25, 0.3) is 5.91 Å². The SMILES string of the molecule is COc1cc(C(C)NC2CCC(c3ccc(C(=O)N4CCCC4)cc3)C2)ccc1F.